The Morgan fingerprint density at radius 1 is 1.19 bits per heavy atom. The van der Waals surface area contributed by atoms with Crippen LogP contribution in [0.3, 0.4) is 0 Å². The lowest BCUT2D eigenvalue weighted by Crippen LogP contribution is -2.24. The predicted molar refractivity (Wildman–Crippen MR) is 88.6 cm³/mol. The van der Waals surface area contributed by atoms with Crippen molar-refractivity contribution in [2.75, 3.05) is 13.1 Å². The third-order valence-corrected chi connectivity index (χ3v) is 4.94. The van der Waals surface area contributed by atoms with E-state index in [0.717, 1.165) is 5.03 Å². The minimum Gasteiger partial charge on any atom is -0.296 e. The van der Waals surface area contributed by atoms with E-state index in [4.69, 9.17) is 0 Å². The summed E-state index contributed by atoms with van der Waals surface area (Å²) >= 11 is 1.73. The quantitative estimate of drug-likeness (QED) is 0.790. The Balaban J connectivity index is 1.69. The second-order valence-electron chi connectivity index (χ2n) is 5.54. The highest BCUT2D eigenvalue weighted by Crippen LogP contribution is 2.33. The van der Waals surface area contributed by atoms with E-state index in [-0.39, 0.29) is 0 Å². The first-order valence-corrected chi connectivity index (χ1v) is 8.61. The van der Waals surface area contributed by atoms with Gasteiger partial charge in [-0.1, -0.05) is 43.0 Å². The van der Waals surface area contributed by atoms with Gasteiger partial charge in [0, 0.05) is 17.1 Å². The summed E-state index contributed by atoms with van der Waals surface area (Å²) in [7, 11) is 0. The van der Waals surface area contributed by atoms with Crippen molar-refractivity contribution in [1.82, 2.24) is 9.88 Å². The number of hydrogen-bond donors (Lipinski definition) is 0. The molecule has 3 heteroatoms. The Kier molecular flexibility index (Phi) is 4.94. The van der Waals surface area contributed by atoms with Crippen molar-refractivity contribution < 1.29 is 0 Å². The molecule has 1 aromatic carbocycles. The van der Waals surface area contributed by atoms with Gasteiger partial charge in [0.15, 0.2) is 0 Å². The van der Waals surface area contributed by atoms with Gasteiger partial charge in [-0.25, -0.2) is 4.98 Å². The van der Waals surface area contributed by atoms with Crippen molar-refractivity contribution in [2.45, 2.75) is 42.1 Å². The van der Waals surface area contributed by atoms with Crippen LogP contribution in [0, 0.1) is 0 Å². The molecule has 1 aliphatic heterocycles. The molecule has 3 rings (SSSR count). The third kappa shape index (κ3) is 3.66. The van der Waals surface area contributed by atoms with Crippen LogP contribution in [-0.2, 0) is 0 Å². The Morgan fingerprint density at radius 2 is 2.05 bits per heavy atom. The highest BCUT2D eigenvalue weighted by molar-refractivity contribution is 7.99. The number of nitrogens with zero attached hydrogens (tertiary/aromatic N) is 2. The number of pyridine rings is 1. The molecule has 0 aliphatic carbocycles. The lowest BCUT2D eigenvalue weighted by molar-refractivity contribution is 0.257. The molecule has 2 heterocycles. The van der Waals surface area contributed by atoms with Gasteiger partial charge in [-0.2, -0.15) is 0 Å². The van der Waals surface area contributed by atoms with Crippen molar-refractivity contribution in [1.29, 1.82) is 0 Å². The third-order valence-electron chi connectivity index (χ3n) is 3.98. The van der Waals surface area contributed by atoms with Crippen LogP contribution in [0.25, 0.3) is 0 Å². The Labute approximate surface area is 131 Å². The van der Waals surface area contributed by atoms with Crippen molar-refractivity contribution in [3.63, 3.8) is 0 Å². The molecule has 110 valence electrons. The van der Waals surface area contributed by atoms with E-state index in [1.807, 2.05) is 6.07 Å². The van der Waals surface area contributed by atoms with Crippen molar-refractivity contribution in [3.8, 4) is 0 Å². The molecule has 1 atom stereocenters. The first-order chi connectivity index (χ1) is 10.4. The van der Waals surface area contributed by atoms with Gasteiger partial charge in [-0.3, -0.25) is 4.90 Å². The van der Waals surface area contributed by atoms with Crippen molar-refractivity contribution in [2.24, 2.45) is 0 Å². The van der Waals surface area contributed by atoms with E-state index in [9.17, 15) is 0 Å². The Morgan fingerprint density at radius 3 is 2.76 bits per heavy atom. The molecule has 0 spiro atoms. The Bertz CT molecular complexity index is 553. The summed E-state index contributed by atoms with van der Waals surface area (Å²) in [6.07, 6.45) is 5.88. The number of aromatic nitrogens is 1. The molecule has 1 fully saturated rings. The van der Waals surface area contributed by atoms with Crippen LogP contribution in [0.1, 0.15) is 37.8 Å². The molecule has 0 N–H and O–H groups in total. The zero-order valence-corrected chi connectivity index (χ0v) is 13.4. The fraction of sp³-hybridized carbons (Fsp3) is 0.389. The standard InChI is InChI=1S/C18H22N2S/c1-2-12-20-13-6-9-17(20)15-10-11-18(19-14-15)21-16-7-4-3-5-8-16/h3-5,7-8,10-11,14,17H,2,6,9,12-13H2,1H3/t17-/m1/s1. The van der Waals surface area contributed by atoms with Gasteiger partial charge in [0.05, 0.1) is 0 Å². The summed E-state index contributed by atoms with van der Waals surface area (Å²) in [6.45, 7) is 4.69. The second-order valence-corrected chi connectivity index (χ2v) is 6.63. The van der Waals surface area contributed by atoms with Crippen LogP contribution in [-0.4, -0.2) is 23.0 Å². The van der Waals surface area contributed by atoms with Gasteiger partial charge in [-0.15, -0.1) is 0 Å². The smallest absolute Gasteiger partial charge is 0.101 e. The summed E-state index contributed by atoms with van der Waals surface area (Å²) in [4.78, 5) is 8.49. The first kappa shape index (κ1) is 14.6. The maximum Gasteiger partial charge on any atom is 0.101 e. The van der Waals surface area contributed by atoms with Gasteiger partial charge < -0.3 is 0 Å². The fourth-order valence-corrected chi connectivity index (χ4v) is 3.79. The summed E-state index contributed by atoms with van der Waals surface area (Å²) in [6, 6.07) is 15.4. The highest BCUT2D eigenvalue weighted by Gasteiger charge is 2.25. The van der Waals surface area contributed by atoms with E-state index < -0.39 is 0 Å². The van der Waals surface area contributed by atoms with Crippen LogP contribution in [0.5, 0.6) is 0 Å². The average molecular weight is 298 g/mol. The van der Waals surface area contributed by atoms with E-state index in [0.29, 0.717) is 6.04 Å². The van der Waals surface area contributed by atoms with Gasteiger partial charge in [0.1, 0.15) is 5.03 Å². The molecule has 0 bridgehead atoms. The number of benzene rings is 1. The van der Waals surface area contributed by atoms with Gasteiger partial charge in [-0.05, 0) is 56.1 Å². The normalized spacial score (nSPS) is 19.0. The lowest BCUT2D eigenvalue weighted by Gasteiger charge is -2.24. The molecule has 1 saturated heterocycles. The molecule has 1 aliphatic rings. The largest absolute Gasteiger partial charge is 0.296 e. The zero-order chi connectivity index (χ0) is 14.5. The maximum absolute atomic E-state index is 4.65. The molecule has 0 amide bonds. The molecule has 2 aromatic rings. The first-order valence-electron chi connectivity index (χ1n) is 7.79. The molecule has 1 aromatic heterocycles. The number of likely N-dealkylation sites (tertiary alicyclic amines) is 1. The molecular formula is C18H22N2S. The van der Waals surface area contributed by atoms with Gasteiger partial charge >= 0.3 is 0 Å². The predicted octanol–water partition coefficient (Wildman–Crippen LogP) is 4.78. The monoisotopic (exact) mass is 298 g/mol. The lowest BCUT2D eigenvalue weighted by atomic mass is 10.1. The van der Waals surface area contributed by atoms with Crippen LogP contribution in [0.2, 0.25) is 0 Å². The maximum atomic E-state index is 4.65. The van der Waals surface area contributed by atoms with Crippen LogP contribution in [0.15, 0.2) is 58.6 Å². The van der Waals surface area contributed by atoms with E-state index >= 15 is 0 Å². The van der Waals surface area contributed by atoms with Crippen LogP contribution in [0.4, 0.5) is 0 Å². The van der Waals surface area contributed by atoms with Crippen molar-refractivity contribution in [3.05, 3.63) is 54.2 Å². The molecular weight excluding hydrogens is 276 g/mol. The zero-order valence-electron chi connectivity index (χ0n) is 12.5. The van der Waals surface area contributed by atoms with E-state index in [1.54, 1.807) is 11.8 Å². The number of hydrogen-bond acceptors (Lipinski definition) is 3. The van der Waals surface area contributed by atoms with Crippen molar-refractivity contribution >= 4 is 11.8 Å². The van der Waals surface area contributed by atoms with Gasteiger partial charge in [0.2, 0.25) is 0 Å². The molecule has 21 heavy (non-hydrogen) atoms. The fourth-order valence-electron chi connectivity index (χ4n) is 3.02. The van der Waals surface area contributed by atoms with E-state index in [1.165, 1.54) is 42.8 Å². The molecule has 0 saturated carbocycles. The molecule has 0 unspecified atom stereocenters. The summed E-state index contributed by atoms with van der Waals surface area (Å²) in [5, 5.41) is 1.07. The van der Waals surface area contributed by atoms with Crippen LogP contribution >= 0.6 is 11.8 Å². The summed E-state index contributed by atoms with van der Waals surface area (Å²) < 4.78 is 0. The topological polar surface area (TPSA) is 16.1 Å². The Hall–Kier alpha value is -1.32. The highest BCUT2D eigenvalue weighted by atomic mass is 32.2. The van der Waals surface area contributed by atoms with E-state index in [2.05, 4.69) is 59.4 Å². The second kappa shape index (κ2) is 7.10. The minimum absolute atomic E-state index is 0.577. The summed E-state index contributed by atoms with van der Waals surface area (Å²) in [5.74, 6) is 0. The van der Waals surface area contributed by atoms with Crippen LogP contribution < -0.4 is 0 Å². The summed E-state index contributed by atoms with van der Waals surface area (Å²) in [5.41, 5.74) is 1.37. The average Bonchev–Trinajstić information content (AvgIpc) is 2.98. The number of rotatable bonds is 5. The molecule has 2 nitrogen and oxygen atoms in total. The molecule has 0 radical (unpaired) electrons. The minimum atomic E-state index is 0.577. The van der Waals surface area contributed by atoms with Gasteiger partial charge in [0.25, 0.3) is 0 Å². The SMILES string of the molecule is CCCN1CCC[C@@H]1c1ccc(Sc2ccccc2)nc1.